The highest BCUT2D eigenvalue weighted by Gasteiger charge is 2.18. The molecule has 0 heterocycles. The molecule has 1 aliphatic rings. The second kappa shape index (κ2) is 8.07. The predicted molar refractivity (Wildman–Crippen MR) is 85.2 cm³/mol. The Hall–Kier alpha value is -1.50. The van der Waals surface area contributed by atoms with Crippen LogP contribution in [-0.4, -0.2) is 17.6 Å². The summed E-state index contributed by atoms with van der Waals surface area (Å²) in [6, 6.07) is 5.25. The highest BCUT2D eigenvalue weighted by molar-refractivity contribution is 6.30. The standard InChI is InChI=1S/C17H20ClNO2/c18-15-8-9-16(14(12-15)7-3-4-10-20)19-17(21)11-13-5-1-2-6-13/h8-9,12-13,20H,1-2,4-6,10-11H2,(H,19,21). The molecule has 2 rings (SSSR count). The van der Waals surface area contributed by atoms with Crippen molar-refractivity contribution in [1.29, 1.82) is 0 Å². The summed E-state index contributed by atoms with van der Waals surface area (Å²) in [7, 11) is 0. The van der Waals surface area contributed by atoms with Crippen LogP contribution in [0.1, 0.15) is 44.1 Å². The van der Waals surface area contributed by atoms with Crippen LogP contribution in [0.15, 0.2) is 18.2 Å². The Morgan fingerprint density at radius 2 is 2.14 bits per heavy atom. The van der Waals surface area contributed by atoms with Gasteiger partial charge in [0.2, 0.25) is 5.91 Å². The first-order chi connectivity index (χ1) is 10.2. The van der Waals surface area contributed by atoms with E-state index in [9.17, 15) is 4.79 Å². The molecule has 0 atom stereocenters. The van der Waals surface area contributed by atoms with Gasteiger partial charge in [0.25, 0.3) is 0 Å². The number of hydrogen-bond donors (Lipinski definition) is 2. The van der Waals surface area contributed by atoms with E-state index in [1.165, 1.54) is 12.8 Å². The lowest BCUT2D eigenvalue weighted by atomic mass is 10.0. The highest BCUT2D eigenvalue weighted by atomic mass is 35.5. The molecule has 0 spiro atoms. The molecule has 1 saturated carbocycles. The topological polar surface area (TPSA) is 49.3 Å². The van der Waals surface area contributed by atoms with E-state index in [4.69, 9.17) is 16.7 Å². The van der Waals surface area contributed by atoms with Crippen molar-refractivity contribution in [1.82, 2.24) is 0 Å². The fourth-order valence-electron chi connectivity index (χ4n) is 2.62. The Morgan fingerprint density at radius 3 is 2.86 bits per heavy atom. The van der Waals surface area contributed by atoms with Gasteiger partial charge in [0.15, 0.2) is 0 Å². The summed E-state index contributed by atoms with van der Waals surface area (Å²) in [6.07, 6.45) is 5.75. The van der Waals surface area contributed by atoms with Crippen molar-refractivity contribution < 1.29 is 9.90 Å². The van der Waals surface area contributed by atoms with Crippen molar-refractivity contribution in [3.8, 4) is 11.8 Å². The molecule has 0 bridgehead atoms. The molecule has 0 unspecified atom stereocenters. The molecule has 0 radical (unpaired) electrons. The number of carbonyl (C=O) groups excluding carboxylic acids is 1. The van der Waals surface area contributed by atoms with E-state index >= 15 is 0 Å². The van der Waals surface area contributed by atoms with Crippen LogP contribution in [-0.2, 0) is 4.79 Å². The van der Waals surface area contributed by atoms with Gasteiger partial charge in [-0.3, -0.25) is 4.79 Å². The summed E-state index contributed by atoms with van der Waals surface area (Å²) < 4.78 is 0. The SMILES string of the molecule is O=C(CC1CCCC1)Nc1ccc(Cl)cc1C#CCCO. The van der Waals surface area contributed by atoms with Crippen LogP contribution in [0.3, 0.4) is 0 Å². The monoisotopic (exact) mass is 305 g/mol. The van der Waals surface area contributed by atoms with E-state index in [2.05, 4.69) is 17.2 Å². The zero-order valence-electron chi connectivity index (χ0n) is 12.0. The fourth-order valence-corrected chi connectivity index (χ4v) is 2.79. The molecule has 0 aromatic heterocycles. The lowest BCUT2D eigenvalue weighted by Crippen LogP contribution is -2.15. The van der Waals surface area contributed by atoms with Crippen LogP contribution in [0, 0.1) is 17.8 Å². The van der Waals surface area contributed by atoms with Gasteiger partial charge in [0.1, 0.15) is 0 Å². The molecule has 2 N–H and O–H groups in total. The van der Waals surface area contributed by atoms with Crippen LogP contribution >= 0.6 is 11.6 Å². The second-order valence-electron chi connectivity index (χ2n) is 5.37. The molecule has 1 aromatic carbocycles. The third-order valence-electron chi connectivity index (χ3n) is 3.66. The smallest absolute Gasteiger partial charge is 0.224 e. The van der Waals surface area contributed by atoms with Gasteiger partial charge in [0, 0.05) is 23.4 Å². The van der Waals surface area contributed by atoms with E-state index < -0.39 is 0 Å². The summed E-state index contributed by atoms with van der Waals surface area (Å²) in [5.41, 5.74) is 1.38. The number of rotatable bonds is 4. The molecule has 3 nitrogen and oxygen atoms in total. The number of anilines is 1. The van der Waals surface area contributed by atoms with Crippen molar-refractivity contribution in [2.75, 3.05) is 11.9 Å². The maximum atomic E-state index is 12.1. The summed E-state index contributed by atoms with van der Waals surface area (Å²) in [6.45, 7) is 0.0247. The van der Waals surface area contributed by atoms with Gasteiger partial charge in [-0.15, -0.1) is 0 Å². The predicted octanol–water partition coefficient (Wildman–Crippen LogP) is 3.59. The molecule has 1 fully saturated rings. The van der Waals surface area contributed by atoms with Crippen LogP contribution in [0.25, 0.3) is 0 Å². The van der Waals surface area contributed by atoms with Crippen LogP contribution in [0.4, 0.5) is 5.69 Å². The number of amides is 1. The second-order valence-corrected chi connectivity index (χ2v) is 5.80. The average Bonchev–Trinajstić information content (AvgIpc) is 2.95. The van der Waals surface area contributed by atoms with Crippen LogP contribution in [0.5, 0.6) is 0 Å². The van der Waals surface area contributed by atoms with E-state index in [0.29, 0.717) is 35.0 Å². The summed E-state index contributed by atoms with van der Waals surface area (Å²) >= 11 is 5.97. The third kappa shape index (κ3) is 5.08. The Bertz CT molecular complexity index is 554. The van der Waals surface area contributed by atoms with Gasteiger partial charge in [-0.05, 0) is 37.0 Å². The van der Waals surface area contributed by atoms with Gasteiger partial charge >= 0.3 is 0 Å². The van der Waals surface area contributed by atoms with Gasteiger partial charge in [-0.2, -0.15) is 0 Å². The first kappa shape index (κ1) is 15.9. The number of hydrogen-bond acceptors (Lipinski definition) is 2. The van der Waals surface area contributed by atoms with E-state index in [1.807, 2.05) is 0 Å². The van der Waals surface area contributed by atoms with Gasteiger partial charge < -0.3 is 10.4 Å². The zero-order chi connectivity index (χ0) is 15.1. The minimum absolute atomic E-state index is 0.0247. The first-order valence-corrected chi connectivity index (χ1v) is 7.76. The third-order valence-corrected chi connectivity index (χ3v) is 3.90. The molecule has 1 aromatic rings. The Morgan fingerprint density at radius 1 is 1.38 bits per heavy atom. The van der Waals surface area contributed by atoms with Crippen LogP contribution in [0.2, 0.25) is 5.02 Å². The number of benzene rings is 1. The summed E-state index contributed by atoms with van der Waals surface area (Å²) in [4.78, 5) is 12.1. The van der Waals surface area contributed by atoms with Crippen molar-refractivity contribution in [3.05, 3.63) is 28.8 Å². The molecule has 0 aliphatic heterocycles. The quantitative estimate of drug-likeness (QED) is 0.835. The normalized spacial score (nSPS) is 14.6. The van der Waals surface area contributed by atoms with E-state index in [0.717, 1.165) is 12.8 Å². The first-order valence-electron chi connectivity index (χ1n) is 7.38. The van der Waals surface area contributed by atoms with E-state index in [1.54, 1.807) is 18.2 Å². The summed E-state index contributed by atoms with van der Waals surface area (Å²) in [5.74, 6) is 6.35. The largest absolute Gasteiger partial charge is 0.395 e. The number of aliphatic hydroxyl groups is 1. The Balaban J connectivity index is 2.04. The van der Waals surface area contributed by atoms with Gasteiger partial charge in [0.05, 0.1) is 12.3 Å². The molecular formula is C17H20ClNO2. The van der Waals surface area contributed by atoms with Gasteiger partial charge in [-0.1, -0.05) is 36.3 Å². The number of aliphatic hydroxyl groups excluding tert-OH is 1. The Labute approximate surface area is 130 Å². The van der Waals surface area contributed by atoms with Crippen molar-refractivity contribution in [3.63, 3.8) is 0 Å². The van der Waals surface area contributed by atoms with Crippen molar-refractivity contribution in [2.45, 2.75) is 38.5 Å². The van der Waals surface area contributed by atoms with Crippen molar-refractivity contribution in [2.24, 2.45) is 5.92 Å². The molecule has 4 heteroatoms. The average molecular weight is 306 g/mol. The minimum Gasteiger partial charge on any atom is -0.395 e. The number of nitrogens with one attached hydrogen (secondary N) is 1. The number of halogens is 1. The summed E-state index contributed by atoms with van der Waals surface area (Å²) in [5, 5.41) is 12.3. The van der Waals surface area contributed by atoms with Crippen molar-refractivity contribution >= 4 is 23.2 Å². The Kier molecular flexibility index (Phi) is 6.10. The number of carbonyl (C=O) groups is 1. The minimum atomic E-state index is 0.0247. The molecule has 1 aliphatic carbocycles. The molecular weight excluding hydrogens is 286 g/mol. The lowest BCUT2D eigenvalue weighted by Gasteiger charge is -2.11. The highest BCUT2D eigenvalue weighted by Crippen LogP contribution is 2.28. The molecule has 1 amide bonds. The van der Waals surface area contributed by atoms with E-state index in [-0.39, 0.29) is 12.5 Å². The lowest BCUT2D eigenvalue weighted by molar-refractivity contribution is -0.117. The molecule has 0 saturated heterocycles. The van der Waals surface area contributed by atoms with Gasteiger partial charge in [-0.25, -0.2) is 0 Å². The molecule has 112 valence electrons. The fraction of sp³-hybridized carbons (Fsp3) is 0.471. The van der Waals surface area contributed by atoms with Crippen LogP contribution < -0.4 is 5.32 Å². The maximum Gasteiger partial charge on any atom is 0.224 e. The molecule has 21 heavy (non-hydrogen) atoms. The maximum absolute atomic E-state index is 12.1. The zero-order valence-corrected chi connectivity index (χ0v) is 12.7.